The largest absolute Gasteiger partial charge is 0.496 e. The number of methoxy groups -OCH3 is 3. The van der Waals surface area contributed by atoms with Crippen molar-refractivity contribution in [3.63, 3.8) is 0 Å². The van der Waals surface area contributed by atoms with Crippen LogP contribution in [0.1, 0.15) is 5.56 Å². The molecule has 0 aliphatic heterocycles. The molecule has 0 atom stereocenters. The fourth-order valence-corrected chi connectivity index (χ4v) is 2.26. The highest BCUT2D eigenvalue weighted by Gasteiger charge is 2.12. The van der Waals surface area contributed by atoms with E-state index in [2.05, 4.69) is 10.5 Å². The van der Waals surface area contributed by atoms with E-state index in [0.29, 0.717) is 33.6 Å². The summed E-state index contributed by atoms with van der Waals surface area (Å²) in [5, 5.41) is 4.34. The third kappa shape index (κ3) is 5.03. The van der Waals surface area contributed by atoms with Crippen LogP contribution in [0.3, 0.4) is 0 Å². The molecule has 8 heteroatoms. The van der Waals surface area contributed by atoms with Crippen molar-refractivity contribution in [1.82, 2.24) is 5.43 Å². The van der Waals surface area contributed by atoms with Crippen LogP contribution in [0.25, 0.3) is 0 Å². The molecule has 2 aromatic rings. The van der Waals surface area contributed by atoms with Gasteiger partial charge in [0.15, 0.2) is 6.61 Å². The van der Waals surface area contributed by atoms with E-state index in [1.807, 2.05) is 0 Å². The topological polar surface area (TPSA) is 78.4 Å². The van der Waals surface area contributed by atoms with Crippen LogP contribution in [0.5, 0.6) is 23.0 Å². The van der Waals surface area contributed by atoms with E-state index in [0.717, 1.165) is 0 Å². The quantitative estimate of drug-likeness (QED) is 0.564. The zero-order valence-corrected chi connectivity index (χ0v) is 15.4. The lowest BCUT2D eigenvalue weighted by Gasteiger charge is -2.12. The van der Waals surface area contributed by atoms with Gasteiger partial charge in [-0.25, -0.2) is 5.43 Å². The molecule has 0 aliphatic rings. The molecule has 0 unspecified atom stereocenters. The van der Waals surface area contributed by atoms with Crippen LogP contribution in [0, 0.1) is 0 Å². The third-order valence-electron chi connectivity index (χ3n) is 3.33. The van der Waals surface area contributed by atoms with Gasteiger partial charge in [0.1, 0.15) is 23.0 Å². The molecule has 2 rings (SSSR count). The second kappa shape index (κ2) is 9.53. The van der Waals surface area contributed by atoms with Gasteiger partial charge in [-0.1, -0.05) is 23.7 Å². The number of halogens is 1. The zero-order valence-electron chi connectivity index (χ0n) is 14.6. The Bertz CT molecular complexity index is 770. The first-order chi connectivity index (χ1) is 12.6. The van der Waals surface area contributed by atoms with Gasteiger partial charge in [-0.2, -0.15) is 5.10 Å². The number of ether oxygens (including phenoxy) is 4. The maximum atomic E-state index is 11.9. The molecular weight excluding hydrogens is 360 g/mol. The molecule has 0 spiro atoms. The Morgan fingerprint density at radius 1 is 1.08 bits per heavy atom. The molecule has 1 N–H and O–H groups in total. The summed E-state index contributed by atoms with van der Waals surface area (Å²) in [6.07, 6.45) is 1.42. The van der Waals surface area contributed by atoms with Gasteiger partial charge >= 0.3 is 0 Å². The highest BCUT2D eigenvalue weighted by atomic mass is 35.5. The Morgan fingerprint density at radius 3 is 2.31 bits per heavy atom. The van der Waals surface area contributed by atoms with Gasteiger partial charge in [-0.3, -0.25) is 4.79 Å². The first-order valence-corrected chi connectivity index (χ1v) is 7.96. The predicted octanol–water partition coefficient (Wildman–Crippen LogP) is 2.89. The minimum absolute atomic E-state index is 0.224. The van der Waals surface area contributed by atoms with Gasteiger partial charge in [0.05, 0.1) is 38.1 Å². The molecule has 138 valence electrons. The van der Waals surface area contributed by atoms with E-state index in [9.17, 15) is 4.79 Å². The summed E-state index contributed by atoms with van der Waals surface area (Å²) < 4.78 is 21.1. The average Bonchev–Trinajstić information content (AvgIpc) is 2.67. The fourth-order valence-electron chi connectivity index (χ4n) is 2.07. The van der Waals surface area contributed by atoms with Crippen molar-refractivity contribution in [2.75, 3.05) is 27.9 Å². The van der Waals surface area contributed by atoms with E-state index in [1.165, 1.54) is 20.4 Å². The molecule has 7 nitrogen and oxygen atoms in total. The lowest BCUT2D eigenvalue weighted by molar-refractivity contribution is -0.123. The van der Waals surface area contributed by atoms with E-state index in [4.69, 9.17) is 30.5 Å². The number of rotatable bonds is 8. The SMILES string of the molecule is COc1cc(OC)c(/C=N\NC(=O)COc2ccccc2Cl)c(OC)c1. The van der Waals surface area contributed by atoms with Crippen LogP contribution < -0.4 is 24.4 Å². The number of nitrogens with one attached hydrogen (secondary N) is 1. The number of para-hydroxylation sites is 1. The molecule has 0 fully saturated rings. The van der Waals surface area contributed by atoms with E-state index >= 15 is 0 Å². The Hall–Kier alpha value is -2.93. The summed E-state index contributed by atoms with van der Waals surface area (Å²) in [4.78, 5) is 11.9. The summed E-state index contributed by atoms with van der Waals surface area (Å²) in [5.74, 6) is 1.55. The van der Waals surface area contributed by atoms with Crippen molar-refractivity contribution in [3.05, 3.63) is 47.0 Å². The van der Waals surface area contributed by atoms with Crippen molar-refractivity contribution in [2.45, 2.75) is 0 Å². The molecule has 0 heterocycles. The second-order valence-electron chi connectivity index (χ2n) is 4.96. The molecule has 0 radical (unpaired) electrons. The Labute approximate surface area is 156 Å². The van der Waals surface area contributed by atoms with Gasteiger partial charge < -0.3 is 18.9 Å². The fraction of sp³-hybridized carbons (Fsp3) is 0.222. The van der Waals surface area contributed by atoms with Gasteiger partial charge in [-0.15, -0.1) is 0 Å². The average molecular weight is 379 g/mol. The van der Waals surface area contributed by atoms with Crippen molar-refractivity contribution < 1.29 is 23.7 Å². The molecule has 0 saturated heterocycles. The van der Waals surface area contributed by atoms with Gasteiger partial charge in [-0.05, 0) is 12.1 Å². The standard InChI is InChI=1S/C18H19ClN2O5/c1-23-12-8-16(24-2)13(17(9-12)25-3)10-20-21-18(22)11-26-15-7-5-4-6-14(15)19/h4-10H,11H2,1-3H3,(H,21,22)/b20-10-. The monoisotopic (exact) mass is 378 g/mol. The van der Waals surface area contributed by atoms with Crippen molar-refractivity contribution >= 4 is 23.7 Å². The Kier molecular flexibility index (Phi) is 7.11. The van der Waals surface area contributed by atoms with Crippen molar-refractivity contribution in [2.24, 2.45) is 5.10 Å². The normalized spacial score (nSPS) is 10.5. The van der Waals surface area contributed by atoms with Crippen LogP contribution in [-0.2, 0) is 4.79 Å². The number of hydrogen-bond donors (Lipinski definition) is 1. The number of hydrazone groups is 1. The van der Waals surface area contributed by atoms with Crippen LogP contribution in [-0.4, -0.2) is 40.1 Å². The van der Waals surface area contributed by atoms with Crippen LogP contribution in [0.4, 0.5) is 0 Å². The van der Waals surface area contributed by atoms with Gasteiger partial charge in [0, 0.05) is 12.1 Å². The molecule has 2 aromatic carbocycles. The molecule has 0 saturated carbocycles. The Balaban J connectivity index is 2.01. The highest BCUT2D eigenvalue weighted by molar-refractivity contribution is 6.32. The maximum Gasteiger partial charge on any atom is 0.277 e. The molecule has 0 aromatic heterocycles. The number of hydrogen-bond acceptors (Lipinski definition) is 6. The first kappa shape index (κ1) is 19.4. The molecule has 26 heavy (non-hydrogen) atoms. The van der Waals surface area contributed by atoms with E-state index < -0.39 is 5.91 Å². The molecular formula is C18H19ClN2O5. The van der Waals surface area contributed by atoms with Gasteiger partial charge in [0.25, 0.3) is 5.91 Å². The number of amides is 1. The number of carbonyl (C=O) groups excluding carboxylic acids is 1. The first-order valence-electron chi connectivity index (χ1n) is 7.58. The van der Waals surface area contributed by atoms with Gasteiger partial charge in [0.2, 0.25) is 0 Å². The van der Waals surface area contributed by atoms with Crippen molar-refractivity contribution in [3.8, 4) is 23.0 Å². The molecule has 1 amide bonds. The molecule has 0 aliphatic carbocycles. The minimum atomic E-state index is -0.437. The van der Waals surface area contributed by atoms with E-state index in [-0.39, 0.29) is 6.61 Å². The maximum absolute atomic E-state index is 11.9. The zero-order chi connectivity index (χ0) is 18.9. The van der Waals surface area contributed by atoms with Crippen LogP contribution in [0.2, 0.25) is 5.02 Å². The van der Waals surface area contributed by atoms with Crippen molar-refractivity contribution in [1.29, 1.82) is 0 Å². The van der Waals surface area contributed by atoms with Crippen LogP contribution >= 0.6 is 11.6 Å². The molecule has 0 bridgehead atoms. The summed E-state index contributed by atoms with van der Waals surface area (Å²) in [7, 11) is 4.57. The minimum Gasteiger partial charge on any atom is -0.496 e. The second-order valence-corrected chi connectivity index (χ2v) is 5.37. The summed E-state index contributed by atoms with van der Waals surface area (Å²) in [5.41, 5.74) is 2.93. The number of benzene rings is 2. The predicted molar refractivity (Wildman–Crippen MR) is 98.8 cm³/mol. The Morgan fingerprint density at radius 2 is 1.73 bits per heavy atom. The lowest BCUT2D eigenvalue weighted by atomic mass is 10.2. The summed E-state index contributed by atoms with van der Waals surface area (Å²) >= 11 is 5.96. The van der Waals surface area contributed by atoms with E-state index in [1.54, 1.807) is 43.5 Å². The summed E-state index contributed by atoms with van der Waals surface area (Å²) in [6, 6.07) is 10.3. The number of nitrogens with zero attached hydrogens (tertiary/aromatic N) is 1. The van der Waals surface area contributed by atoms with Crippen LogP contribution in [0.15, 0.2) is 41.5 Å². The smallest absolute Gasteiger partial charge is 0.277 e. The summed E-state index contributed by atoms with van der Waals surface area (Å²) in [6.45, 7) is -0.224. The third-order valence-corrected chi connectivity index (χ3v) is 3.64. The number of carbonyl (C=O) groups is 1. The highest BCUT2D eigenvalue weighted by Crippen LogP contribution is 2.32. The lowest BCUT2D eigenvalue weighted by Crippen LogP contribution is -2.24.